The van der Waals surface area contributed by atoms with Crippen molar-refractivity contribution in [2.24, 2.45) is 17.8 Å². The Bertz CT molecular complexity index is 514. The number of hydrogen-bond acceptors (Lipinski definition) is 2. The number of anilines is 1. The van der Waals surface area contributed by atoms with Crippen molar-refractivity contribution in [1.82, 2.24) is 4.90 Å². The van der Waals surface area contributed by atoms with Crippen LogP contribution in [0.3, 0.4) is 0 Å². The predicted molar refractivity (Wildman–Crippen MR) is 85.5 cm³/mol. The van der Waals surface area contributed by atoms with Crippen LogP contribution in [0.25, 0.3) is 0 Å². The van der Waals surface area contributed by atoms with Crippen LogP contribution in [0.15, 0.2) is 24.3 Å². The Balaban J connectivity index is 1.73. The van der Waals surface area contributed by atoms with Gasteiger partial charge in [0.2, 0.25) is 5.91 Å². The summed E-state index contributed by atoms with van der Waals surface area (Å²) in [5.41, 5.74) is 7.88. The fraction of sp³-hybridized carbons (Fsp3) is 0.611. The minimum absolute atomic E-state index is 0.222. The largest absolute Gasteiger partial charge is 0.398 e. The molecule has 2 unspecified atom stereocenters. The van der Waals surface area contributed by atoms with Gasteiger partial charge in [0.25, 0.3) is 0 Å². The van der Waals surface area contributed by atoms with Gasteiger partial charge >= 0.3 is 0 Å². The van der Waals surface area contributed by atoms with Crippen LogP contribution in [0, 0.1) is 17.8 Å². The molecule has 3 heteroatoms. The van der Waals surface area contributed by atoms with E-state index in [4.69, 9.17) is 5.73 Å². The molecule has 1 aromatic rings. The van der Waals surface area contributed by atoms with Crippen molar-refractivity contribution in [3.63, 3.8) is 0 Å². The molecule has 0 aromatic heterocycles. The highest BCUT2D eigenvalue weighted by Crippen LogP contribution is 2.56. The minimum Gasteiger partial charge on any atom is -0.398 e. The monoisotopic (exact) mass is 286 g/mol. The summed E-state index contributed by atoms with van der Waals surface area (Å²) in [6, 6.07) is 8.09. The summed E-state index contributed by atoms with van der Waals surface area (Å²) in [5, 5.41) is 0. The zero-order valence-electron chi connectivity index (χ0n) is 13.1. The summed E-state index contributed by atoms with van der Waals surface area (Å²) in [6.07, 6.45) is 5.11. The van der Waals surface area contributed by atoms with Crippen LogP contribution in [0.4, 0.5) is 5.69 Å². The highest BCUT2D eigenvalue weighted by Gasteiger charge is 2.55. The van der Waals surface area contributed by atoms with Crippen LogP contribution in [0.5, 0.6) is 0 Å². The number of fused-ring (bicyclic) bond motifs is 1. The maximum absolute atomic E-state index is 12.9. The first kappa shape index (κ1) is 14.4. The van der Waals surface area contributed by atoms with Crippen molar-refractivity contribution in [2.45, 2.75) is 52.1 Å². The van der Waals surface area contributed by atoms with Crippen molar-refractivity contribution in [3.8, 4) is 0 Å². The quantitative estimate of drug-likeness (QED) is 0.862. The molecule has 21 heavy (non-hydrogen) atoms. The summed E-state index contributed by atoms with van der Waals surface area (Å²) in [5.74, 6) is 1.98. The number of rotatable bonds is 4. The fourth-order valence-electron chi connectivity index (χ4n) is 3.93. The number of nitrogens with zero attached hydrogens (tertiary/aromatic N) is 1. The number of carbonyl (C=O) groups is 1. The van der Waals surface area contributed by atoms with E-state index in [-0.39, 0.29) is 6.04 Å². The van der Waals surface area contributed by atoms with Gasteiger partial charge in [0.05, 0.1) is 0 Å². The molecule has 3 rings (SSSR count). The molecular weight excluding hydrogens is 260 g/mol. The van der Waals surface area contributed by atoms with Gasteiger partial charge in [0.15, 0.2) is 0 Å². The zero-order valence-corrected chi connectivity index (χ0v) is 13.1. The molecule has 0 radical (unpaired) electrons. The van der Waals surface area contributed by atoms with E-state index in [0.29, 0.717) is 30.2 Å². The van der Waals surface area contributed by atoms with Gasteiger partial charge in [-0.25, -0.2) is 0 Å². The van der Waals surface area contributed by atoms with E-state index in [0.717, 1.165) is 11.3 Å². The number of para-hydroxylation sites is 1. The third-order valence-electron chi connectivity index (χ3n) is 5.24. The lowest BCUT2D eigenvalue weighted by molar-refractivity contribution is -0.135. The average molecular weight is 286 g/mol. The molecular formula is C18H26N2O. The average Bonchev–Trinajstić information content (AvgIpc) is 3.19. The van der Waals surface area contributed by atoms with Gasteiger partial charge in [-0.15, -0.1) is 0 Å². The van der Waals surface area contributed by atoms with Gasteiger partial charge in [-0.2, -0.15) is 0 Å². The number of amides is 1. The molecule has 2 N–H and O–H groups in total. The molecule has 0 heterocycles. The van der Waals surface area contributed by atoms with Crippen LogP contribution in [-0.4, -0.2) is 16.8 Å². The predicted octanol–water partition coefficient (Wildman–Crippen LogP) is 3.44. The maximum atomic E-state index is 12.9. The van der Waals surface area contributed by atoms with E-state index in [1.54, 1.807) is 0 Å². The second kappa shape index (κ2) is 5.70. The molecule has 1 aromatic carbocycles. The molecule has 1 amide bonds. The smallest absolute Gasteiger partial charge is 0.226 e. The second-order valence-electron chi connectivity index (χ2n) is 6.90. The van der Waals surface area contributed by atoms with Gasteiger partial charge in [0, 0.05) is 24.2 Å². The lowest BCUT2D eigenvalue weighted by Gasteiger charge is -2.28. The summed E-state index contributed by atoms with van der Waals surface area (Å²) in [6.45, 7) is 4.84. The number of hydrogen-bond donors (Lipinski definition) is 1. The molecule has 2 fully saturated rings. The summed E-state index contributed by atoms with van der Waals surface area (Å²) < 4.78 is 0. The third-order valence-corrected chi connectivity index (χ3v) is 5.24. The Morgan fingerprint density at radius 1 is 1.24 bits per heavy atom. The molecule has 2 aliphatic rings. The third kappa shape index (κ3) is 2.78. The van der Waals surface area contributed by atoms with Crippen LogP contribution in [0.2, 0.25) is 0 Å². The van der Waals surface area contributed by atoms with Gasteiger partial charge in [-0.1, -0.05) is 31.0 Å². The Hall–Kier alpha value is -1.51. The first-order chi connectivity index (χ1) is 10.1. The van der Waals surface area contributed by atoms with E-state index in [1.807, 2.05) is 29.2 Å². The number of benzene rings is 1. The summed E-state index contributed by atoms with van der Waals surface area (Å²) in [4.78, 5) is 14.9. The van der Waals surface area contributed by atoms with Crippen molar-refractivity contribution in [3.05, 3.63) is 29.8 Å². The molecule has 0 bridgehead atoms. The maximum Gasteiger partial charge on any atom is 0.226 e. The fourth-order valence-corrected chi connectivity index (χ4v) is 3.93. The van der Waals surface area contributed by atoms with E-state index in [2.05, 4.69) is 13.8 Å². The van der Waals surface area contributed by atoms with Gasteiger partial charge in [-0.05, 0) is 50.2 Å². The number of nitrogens with two attached hydrogens (primary N) is 1. The first-order valence-electron chi connectivity index (χ1n) is 8.23. The van der Waals surface area contributed by atoms with Crippen LogP contribution < -0.4 is 5.73 Å². The van der Waals surface area contributed by atoms with Crippen molar-refractivity contribution >= 4 is 11.6 Å². The Labute approximate surface area is 127 Å². The van der Waals surface area contributed by atoms with E-state index >= 15 is 0 Å². The van der Waals surface area contributed by atoms with Crippen molar-refractivity contribution in [1.29, 1.82) is 0 Å². The van der Waals surface area contributed by atoms with Crippen molar-refractivity contribution in [2.75, 3.05) is 5.73 Å². The first-order valence-corrected chi connectivity index (χ1v) is 8.23. The molecule has 3 nitrogen and oxygen atoms in total. The van der Waals surface area contributed by atoms with Gasteiger partial charge in [0.1, 0.15) is 0 Å². The normalized spacial score (nSPS) is 27.3. The lowest BCUT2D eigenvalue weighted by atomic mass is 10.0. The van der Waals surface area contributed by atoms with Crippen LogP contribution in [-0.2, 0) is 11.3 Å². The van der Waals surface area contributed by atoms with E-state index in [1.165, 1.54) is 25.7 Å². The standard InChI is InChI=1S/C18H26N2O/c1-12(2)20(11-13-7-3-6-10-16(13)19)18(21)17-14-8-4-5-9-15(14)17/h3,6-7,10,12,14-15,17H,4-5,8-9,11,19H2,1-2H3. The SMILES string of the molecule is CC(C)N(Cc1ccccc1N)C(=O)C1C2CCCCC21. The van der Waals surface area contributed by atoms with E-state index in [9.17, 15) is 4.79 Å². The molecule has 0 spiro atoms. The Morgan fingerprint density at radius 3 is 2.43 bits per heavy atom. The molecule has 2 atom stereocenters. The van der Waals surface area contributed by atoms with Crippen LogP contribution in [0.1, 0.15) is 45.1 Å². The lowest BCUT2D eigenvalue weighted by Crippen LogP contribution is -2.38. The van der Waals surface area contributed by atoms with E-state index < -0.39 is 0 Å². The topological polar surface area (TPSA) is 46.3 Å². The molecule has 2 saturated carbocycles. The van der Waals surface area contributed by atoms with Gasteiger partial charge in [-0.3, -0.25) is 4.79 Å². The summed E-state index contributed by atoms with van der Waals surface area (Å²) >= 11 is 0. The highest BCUT2D eigenvalue weighted by molar-refractivity contribution is 5.82. The minimum atomic E-state index is 0.222. The zero-order chi connectivity index (χ0) is 15.0. The van der Waals surface area contributed by atoms with Crippen LogP contribution >= 0.6 is 0 Å². The molecule has 0 aliphatic heterocycles. The summed E-state index contributed by atoms with van der Waals surface area (Å²) in [7, 11) is 0. The molecule has 2 aliphatic carbocycles. The highest BCUT2D eigenvalue weighted by atomic mass is 16.2. The molecule has 114 valence electrons. The van der Waals surface area contributed by atoms with Crippen molar-refractivity contribution < 1.29 is 4.79 Å². The number of nitrogen functional groups attached to an aromatic ring is 1. The number of carbonyl (C=O) groups excluding carboxylic acids is 1. The Kier molecular flexibility index (Phi) is 3.92. The Morgan fingerprint density at radius 2 is 1.86 bits per heavy atom. The van der Waals surface area contributed by atoms with Gasteiger partial charge < -0.3 is 10.6 Å². The second-order valence-corrected chi connectivity index (χ2v) is 6.90. The molecule has 0 saturated heterocycles.